The van der Waals surface area contributed by atoms with Gasteiger partial charge in [0.1, 0.15) is 5.76 Å². The quantitative estimate of drug-likeness (QED) is 0.679. The molecule has 0 aromatic carbocycles. The van der Waals surface area contributed by atoms with E-state index in [1.165, 1.54) is 12.3 Å². The summed E-state index contributed by atoms with van der Waals surface area (Å²) < 4.78 is 4.84. The number of rotatable bonds is 1. The molecular formula is C7H8FeO3+3. The number of hydrogen-bond donors (Lipinski definition) is 1. The third-order valence-electron chi connectivity index (χ3n) is 1.25. The van der Waals surface area contributed by atoms with Crippen LogP contribution in [0.15, 0.2) is 21.5 Å². The van der Waals surface area contributed by atoms with Crippen molar-refractivity contribution in [2.75, 3.05) is 0 Å². The maximum absolute atomic E-state index is 10.7. The molecule has 0 spiro atoms. The molecule has 1 heterocycles. The predicted octanol–water partition coefficient (Wildman–Crippen LogP) is 0.905. The van der Waals surface area contributed by atoms with E-state index in [1.807, 2.05) is 0 Å². The van der Waals surface area contributed by atoms with E-state index < -0.39 is 0 Å². The minimum Gasteiger partial charge on any atom is -0.502 e. The molecule has 0 unspecified atom stereocenters. The molecule has 3 nitrogen and oxygen atoms in total. The molecule has 0 bridgehead atoms. The van der Waals surface area contributed by atoms with Crippen molar-refractivity contribution >= 4 is 0 Å². The third-order valence-corrected chi connectivity index (χ3v) is 1.25. The molecule has 1 aromatic rings. The van der Waals surface area contributed by atoms with Gasteiger partial charge in [-0.2, -0.15) is 0 Å². The van der Waals surface area contributed by atoms with Gasteiger partial charge in [-0.3, -0.25) is 4.79 Å². The van der Waals surface area contributed by atoms with Gasteiger partial charge in [0.05, 0.1) is 6.26 Å². The minimum atomic E-state index is -0.386. The normalized spacial score (nSPS) is 8.82. The molecule has 0 fully saturated rings. The van der Waals surface area contributed by atoms with Crippen LogP contribution in [0.2, 0.25) is 0 Å². The summed E-state index contributed by atoms with van der Waals surface area (Å²) in [6.07, 6.45) is 1.81. The molecule has 0 saturated heterocycles. The molecule has 0 amide bonds. The van der Waals surface area contributed by atoms with Crippen LogP contribution in [0.5, 0.6) is 5.75 Å². The van der Waals surface area contributed by atoms with Gasteiger partial charge in [0.2, 0.25) is 11.2 Å². The van der Waals surface area contributed by atoms with E-state index in [2.05, 4.69) is 0 Å². The first-order valence-electron chi connectivity index (χ1n) is 3.05. The maximum Gasteiger partial charge on any atom is 3.00 e. The fourth-order valence-electron chi connectivity index (χ4n) is 0.701. The van der Waals surface area contributed by atoms with E-state index in [0.29, 0.717) is 12.2 Å². The first-order valence-corrected chi connectivity index (χ1v) is 3.05. The van der Waals surface area contributed by atoms with Crippen LogP contribution in [-0.2, 0) is 23.5 Å². The van der Waals surface area contributed by atoms with Crippen molar-refractivity contribution in [1.29, 1.82) is 0 Å². The third kappa shape index (κ3) is 2.10. The molecule has 4 heteroatoms. The summed E-state index contributed by atoms with van der Waals surface area (Å²) in [7, 11) is 0. The first kappa shape index (κ1) is 10.3. The summed E-state index contributed by atoms with van der Waals surface area (Å²) >= 11 is 0. The fourth-order valence-corrected chi connectivity index (χ4v) is 0.701. The van der Waals surface area contributed by atoms with Gasteiger partial charge in [-0.25, -0.2) is 0 Å². The van der Waals surface area contributed by atoms with Gasteiger partial charge in [-0.1, -0.05) is 6.92 Å². The maximum atomic E-state index is 10.7. The molecule has 0 aliphatic carbocycles. The van der Waals surface area contributed by atoms with Crippen LogP contribution in [0.1, 0.15) is 12.7 Å². The molecule has 0 aliphatic heterocycles. The van der Waals surface area contributed by atoms with Crippen molar-refractivity contribution in [3.63, 3.8) is 0 Å². The molecule has 0 saturated carbocycles. The van der Waals surface area contributed by atoms with E-state index in [4.69, 9.17) is 9.52 Å². The summed E-state index contributed by atoms with van der Waals surface area (Å²) in [6, 6.07) is 1.19. The molecule has 0 atom stereocenters. The summed E-state index contributed by atoms with van der Waals surface area (Å²) in [5, 5.41) is 8.99. The minimum absolute atomic E-state index is 0. The zero-order valence-electron chi connectivity index (χ0n) is 5.98. The van der Waals surface area contributed by atoms with Gasteiger partial charge in [0.25, 0.3) is 0 Å². The molecule has 11 heavy (non-hydrogen) atoms. The number of aromatic hydroxyl groups is 1. The topological polar surface area (TPSA) is 50.4 Å². The van der Waals surface area contributed by atoms with Crippen LogP contribution in [-0.4, -0.2) is 5.11 Å². The van der Waals surface area contributed by atoms with Crippen LogP contribution in [0.25, 0.3) is 0 Å². The molecule has 1 aromatic heterocycles. The second-order valence-corrected chi connectivity index (χ2v) is 1.91. The standard InChI is InChI=1S/C7H8O3.Fe/c1-2-6-7(9)5(8)3-4-10-6;/h3-4,9H,2H2,1H3;/q;+3. The Labute approximate surface area is 74.5 Å². The molecule has 1 rings (SSSR count). The fraction of sp³-hybridized carbons (Fsp3) is 0.286. The Morgan fingerprint density at radius 2 is 2.27 bits per heavy atom. The molecular weight excluding hydrogens is 188 g/mol. The zero-order valence-corrected chi connectivity index (χ0v) is 7.08. The van der Waals surface area contributed by atoms with Crippen molar-refractivity contribution < 1.29 is 26.6 Å². The second kappa shape index (κ2) is 4.21. The summed E-state index contributed by atoms with van der Waals surface area (Å²) in [4.78, 5) is 10.7. The van der Waals surface area contributed by atoms with Crippen LogP contribution in [0.3, 0.4) is 0 Å². The van der Waals surface area contributed by atoms with Gasteiger partial charge in [-0.15, -0.1) is 0 Å². The monoisotopic (exact) mass is 196 g/mol. The summed E-state index contributed by atoms with van der Waals surface area (Å²) in [5.74, 6) is 0.0671. The number of aryl methyl sites for hydroxylation is 1. The summed E-state index contributed by atoms with van der Waals surface area (Å²) in [6.45, 7) is 1.80. The average molecular weight is 196 g/mol. The van der Waals surface area contributed by atoms with Crippen LogP contribution < -0.4 is 5.43 Å². The Kier molecular flexibility index (Phi) is 3.93. The molecule has 1 radical (unpaired) electrons. The van der Waals surface area contributed by atoms with Gasteiger partial charge in [0.15, 0.2) is 0 Å². The Morgan fingerprint density at radius 1 is 1.64 bits per heavy atom. The first-order chi connectivity index (χ1) is 4.75. The zero-order chi connectivity index (χ0) is 7.56. The predicted molar refractivity (Wildman–Crippen MR) is 36.0 cm³/mol. The van der Waals surface area contributed by atoms with Crippen molar-refractivity contribution in [1.82, 2.24) is 0 Å². The Hall–Kier alpha value is -0.731. The van der Waals surface area contributed by atoms with Crippen molar-refractivity contribution in [3.8, 4) is 5.75 Å². The van der Waals surface area contributed by atoms with Crippen LogP contribution in [0, 0.1) is 0 Å². The van der Waals surface area contributed by atoms with Crippen molar-refractivity contribution in [2.24, 2.45) is 0 Å². The van der Waals surface area contributed by atoms with E-state index in [0.717, 1.165) is 0 Å². The molecule has 0 aliphatic rings. The SMILES string of the molecule is CCc1occc(=O)c1O.[Fe+3]. The van der Waals surface area contributed by atoms with Gasteiger partial charge >= 0.3 is 17.1 Å². The van der Waals surface area contributed by atoms with Crippen LogP contribution in [0.4, 0.5) is 0 Å². The van der Waals surface area contributed by atoms with Crippen molar-refractivity contribution in [3.05, 3.63) is 28.3 Å². The summed E-state index contributed by atoms with van der Waals surface area (Å²) in [5.41, 5.74) is -0.386. The van der Waals surface area contributed by atoms with E-state index in [-0.39, 0.29) is 28.2 Å². The van der Waals surface area contributed by atoms with Crippen LogP contribution >= 0.6 is 0 Å². The van der Waals surface area contributed by atoms with Crippen molar-refractivity contribution in [2.45, 2.75) is 13.3 Å². The van der Waals surface area contributed by atoms with E-state index >= 15 is 0 Å². The molecule has 1 N–H and O–H groups in total. The van der Waals surface area contributed by atoms with E-state index in [9.17, 15) is 4.79 Å². The average Bonchev–Trinajstić information content (AvgIpc) is 1.95. The van der Waals surface area contributed by atoms with Gasteiger partial charge in [-0.05, 0) is 0 Å². The van der Waals surface area contributed by atoms with E-state index in [1.54, 1.807) is 6.92 Å². The van der Waals surface area contributed by atoms with Gasteiger partial charge < -0.3 is 9.52 Å². The second-order valence-electron chi connectivity index (χ2n) is 1.91. The Morgan fingerprint density at radius 3 is 2.73 bits per heavy atom. The smallest absolute Gasteiger partial charge is 0.502 e. The van der Waals surface area contributed by atoms with Gasteiger partial charge in [0, 0.05) is 12.5 Å². The molecule has 59 valence electrons. The Bertz CT molecular complexity index is 279. The Balaban J connectivity index is 0.000001000. The number of hydrogen-bond acceptors (Lipinski definition) is 3. The largest absolute Gasteiger partial charge is 3.00 e.